The first-order valence-electron chi connectivity index (χ1n) is 44.2. The third kappa shape index (κ3) is 18.2. The van der Waals surface area contributed by atoms with E-state index < -0.39 is 366 Å². The number of carboxylic acid groups (broad SMARTS) is 1. The van der Waals surface area contributed by atoms with Crippen LogP contribution in [-0.2, 0) is 109 Å². The molecule has 14 aliphatic rings. The SMILES string of the molecule is CC(=O)OC1C(C)OC(OC2C(C)OC(OC(=O)[C@]34CCC(C)(C)CC3C3=CCC5[C@@]6(C)CC[C@H](OC7OC(C(=O)O)C(O)C(OC8OCC(O)C(O)C8O)C7OC7OC(CO)C(O)C(O)C7O)[C@@](C)(C=O)C6CC[C@@]5(C)[C@]3(C)C[C@H]4O)C(OC3OC(C)C(OC4OCC(O)C(OC5OC(CO)C(O)C(O)C5O)C4O)C(O)C3O)C2O)C(O)C1OC1OCC(O)C(O)C1O. The van der Waals surface area contributed by atoms with E-state index in [-0.39, 0.29) is 31.6 Å². The first-order valence-corrected chi connectivity index (χ1v) is 44.2. The molecule has 13 fully saturated rings. The third-order valence-corrected chi connectivity index (χ3v) is 30.9. The smallest absolute Gasteiger partial charge is 0.335 e. The van der Waals surface area contributed by atoms with Gasteiger partial charge in [-0.05, 0) is 118 Å². The molecular formula is C83H130O46. The van der Waals surface area contributed by atoms with Crippen molar-refractivity contribution >= 4 is 24.2 Å². The topological polar surface area (TPSA) is 709 Å². The Bertz CT molecular complexity index is 3870. The molecule has 9 heterocycles. The third-order valence-electron chi connectivity index (χ3n) is 30.9. The van der Waals surface area contributed by atoms with Crippen molar-refractivity contribution in [3.05, 3.63) is 11.6 Å². The molecule has 45 unspecified atom stereocenters. The molecule has 0 aromatic rings. The van der Waals surface area contributed by atoms with Gasteiger partial charge in [-0.25, -0.2) is 4.79 Å². The number of carboxylic acids is 1. The predicted molar refractivity (Wildman–Crippen MR) is 416 cm³/mol. The summed E-state index contributed by atoms with van der Waals surface area (Å²) in [5, 5.41) is 257. The van der Waals surface area contributed by atoms with E-state index in [4.69, 9.17) is 90.0 Å². The van der Waals surface area contributed by atoms with Gasteiger partial charge in [0.25, 0.3) is 0 Å². The van der Waals surface area contributed by atoms with E-state index in [1.807, 2.05) is 20.8 Å². The van der Waals surface area contributed by atoms with E-state index in [2.05, 4.69) is 19.9 Å². The van der Waals surface area contributed by atoms with E-state index >= 15 is 4.79 Å². The van der Waals surface area contributed by atoms with Gasteiger partial charge >= 0.3 is 17.9 Å². The van der Waals surface area contributed by atoms with Crippen molar-refractivity contribution in [2.24, 2.45) is 50.2 Å². The zero-order valence-electron chi connectivity index (χ0n) is 72.9. The molecule has 9 aliphatic heterocycles. The van der Waals surface area contributed by atoms with Gasteiger partial charge in [0, 0.05) is 6.92 Å². The number of carbonyl (C=O) groups excluding carboxylic acids is 3. The first-order chi connectivity index (χ1) is 60.6. The minimum atomic E-state index is -2.27. The molecule has 14 rings (SSSR count). The second kappa shape index (κ2) is 38.9. The number of aliphatic hydroxyl groups is 22. The molecular weight excluding hydrogens is 1730 g/mol. The van der Waals surface area contributed by atoms with Gasteiger partial charge in [-0.3, -0.25) is 9.59 Å². The molecule has 23 N–H and O–H groups in total. The number of rotatable bonds is 23. The highest BCUT2D eigenvalue weighted by Crippen LogP contribution is 2.76. The number of allylic oxidation sites excluding steroid dienone is 2. The van der Waals surface area contributed by atoms with Gasteiger partial charge in [-0.1, -0.05) is 53.2 Å². The van der Waals surface area contributed by atoms with Crippen LogP contribution in [0.4, 0.5) is 0 Å². The molecule has 52 atom stereocenters. The summed E-state index contributed by atoms with van der Waals surface area (Å²) in [5.74, 6) is -5.38. The standard InChI is InChI=1S/C83H130O46/c1-27-58(121-70-56(106)61(35(90)25-113-70)123-72-51(101)46(96)44(94)36(21-84)118-72)48(98)53(103)71(114-27)127-65-54(104)59(122-74-57(107)63(60(29(3)115-74)117-30(4)87)125-69-50(100)43(93)34(89)24-112-69)28(2)116-75(65)129-77(110)83-18-17-78(5,6)19-32(83)31-11-12-39-79(7)15-14-41(80(8,26-86)38(79)13-16-81(39,9)82(31,10)20-40(83)91)120-76-66(128-73-52(102)47(97)45(95)37(22-85)119-73)62(55(105)64(126-76)67(108)109)124-68-49(99)42(92)33(88)23-111-68/h11,26-29,32-66,68-76,84-85,88-107H,12-25H2,1-10H3,(H,108,109)/t27?,28?,29?,32?,33?,34?,35?,36?,37?,38?,39?,40-,41+,42?,43?,44?,45?,46?,47?,48?,49?,50?,51?,52?,53?,54?,55?,56?,57?,58?,59?,60?,61?,62?,63?,64?,65?,66?,68?,69?,70?,71?,72?,73?,74?,75?,76?,79+,80+,81-,82-,83-/m1/s1. The Labute approximate surface area is 740 Å². The lowest BCUT2D eigenvalue weighted by molar-refractivity contribution is -0.392. The van der Waals surface area contributed by atoms with Crippen LogP contribution in [0.5, 0.6) is 0 Å². The monoisotopic (exact) mass is 1860 g/mol. The molecule has 4 saturated carbocycles. The predicted octanol–water partition coefficient (Wildman–Crippen LogP) is -9.10. The van der Waals surface area contributed by atoms with Crippen molar-refractivity contribution in [1.29, 1.82) is 0 Å². The molecule has 0 aromatic carbocycles. The minimum absolute atomic E-state index is 0.00456. The van der Waals surface area contributed by atoms with Crippen molar-refractivity contribution in [3.63, 3.8) is 0 Å². The van der Waals surface area contributed by atoms with Crippen LogP contribution in [0.25, 0.3) is 0 Å². The molecule has 0 radical (unpaired) electrons. The number of ether oxygens (including phenoxy) is 19. The van der Waals surface area contributed by atoms with E-state index in [1.54, 1.807) is 6.92 Å². The number of aliphatic carboxylic acids is 1. The summed E-state index contributed by atoms with van der Waals surface area (Å²) in [5.41, 5.74) is -5.57. The average molecular weight is 1860 g/mol. The summed E-state index contributed by atoms with van der Waals surface area (Å²) in [6.45, 7) is 13.5. The molecule has 0 amide bonds. The summed E-state index contributed by atoms with van der Waals surface area (Å²) in [6, 6.07) is 0. The largest absolute Gasteiger partial charge is 0.479 e. The maximum absolute atomic E-state index is 16.4. The van der Waals surface area contributed by atoms with Crippen LogP contribution in [0.1, 0.15) is 127 Å². The summed E-state index contributed by atoms with van der Waals surface area (Å²) in [6.07, 6.45) is -76.6. The van der Waals surface area contributed by atoms with Gasteiger partial charge in [0.2, 0.25) is 6.29 Å². The number of carbonyl (C=O) groups is 4. The molecule has 0 aromatic heterocycles. The van der Waals surface area contributed by atoms with Gasteiger partial charge < -0.3 is 212 Å². The van der Waals surface area contributed by atoms with Crippen molar-refractivity contribution in [1.82, 2.24) is 0 Å². The fourth-order valence-corrected chi connectivity index (χ4v) is 23.3. The maximum Gasteiger partial charge on any atom is 0.335 e. The van der Waals surface area contributed by atoms with Gasteiger partial charge in [0.15, 0.2) is 68.6 Å². The maximum atomic E-state index is 16.4. The Balaban J connectivity index is 0.742. The fourth-order valence-electron chi connectivity index (χ4n) is 23.3. The van der Waals surface area contributed by atoms with E-state index in [0.717, 1.165) is 18.8 Å². The highest BCUT2D eigenvalue weighted by Gasteiger charge is 2.74. The summed E-state index contributed by atoms with van der Waals surface area (Å²) in [7, 11) is 0. The summed E-state index contributed by atoms with van der Waals surface area (Å²) in [4.78, 5) is 56.6. The minimum Gasteiger partial charge on any atom is -0.479 e. The van der Waals surface area contributed by atoms with Crippen molar-refractivity contribution in [3.8, 4) is 0 Å². The zero-order valence-corrected chi connectivity index (χ0v) is 72.9. The number of hydrogen-bond donors (Lipinski definition) is 23. The zero-order chi connectivity index (χ0) is 94.2. The van der Waals surface area contributed by atoms with Crippen LogP contribution in [0, 0.1) is 50.2 Å². The summed E-state index contributed by atoms with van der Waals surface area (Å²) >= 11 is 0. The molecule has 0 bridgehead atoms. The Morgan fingerprint density at radius 1 is 0.419 bits per heavy atom. The Morgan fingerprint density at radius 3 is 1.43 bits per heavy atom. The van der Waals surface area contributed by atoms with Crippen LogP contribution >= 0.6 is 0 Å². The van der Waals surface area contributed by atoms with Gasteiger partial charge in [0.1, 0.15) is 177 Å². The summed E-state index contributed by atoms with van der Waals surface area (Å²) < 4.78 is 115. The fraction of sp³-hybridized carbons (Fsp3) is 0.928. The van der Waals surface area contributed by atoms with E-state index in [1.165, 1.54) is 20.8 Å². The Morgan fingerprint density at radius 2 is 0.876 bits per heavy atom. The second-order valence-corrected chi connectivity index (χ2v) is 39.3. The molecule has 46 nitrogen and oxygen atoms in total. The molecule has 0 spiro atoms. The lowest BCUT2D eigenvalue weighted by Gasteiger charge is -2.71. The molecule has 46 heteroatoms. The quantitative estimate of drug-likeness (QED) is 0.0195. The van der Waals surface area contributed by atoms with Crippen LogP contribution in [0.3, 0.4) is 0 Å². The normalized spacial score (nSPS) is 54.2. The lowest BCUT2D eigenvalue weighted by atomic mass is 9.33. The number of fused-ring (bicyclic) bond motifs is 7. The van der Waals surface area contributed by atoms with Crippen molar-refractivity contribution in [2.75, 3.05) is 33.0 Å². The second-order valence-electron chi connectivity index (χ2n) is 39.3. The molecule has 9 saturated heterocycles. The van der Waals surface area contributed by atoms with E-state index in [0.29, 0.717) is 32.1 Å². The highest BCUT2D eigenvalue weighted by atomic mass is 16.8. The number of aldehydes is 1. The first kappa shape index (κ1) is 101. The number of aliphatic hydroxyl groups excluding tert-OH is 22. The van der Waals surface area contributed by atoms with Gasteiger partial charge in [0.05, 0.1) is 69.0 Å². The average Bonchev–Trinajstić information content (AvgIpc) is 0.668. The van der Waals surface area contributed by atoms with Crippen molar-refractivity contribution < 1.29 is 227 Å². The van der Waals surface area contributed by atoms with Crippen LogP contribution in [0.2, 0.25) is 0 Å². The van der Waals surface area contributed by atoms with Gasteiger partial charge in [-0.2, -0.15) is 0 Å². The highest BCUT2D eigenvalue weighted by molar-refractivity contribution is 5.80. The molecule has 738 valence electrons. The van der Waals surface area contributed by atoms with Crippen molar-refractivity contribution in [2.45, 2.75) is 397 Å². The molecule has 5 aliphatic carbocycles. The number of esters is 2. The van der Waals surface area contributed by atoms with Gasteiger partial charge in [-0.15, -0.1) is 0 Å². The Kier molecular flexibility index (Phi) is 30.5. The van der Waals surface area contributed by atoms with Crippen LogP contribution in [-0.4, -0.2) is 445 Å². The number of hydrogen-bond acceptors (Lipinski definition) is 45. The molecule has 129 heavy (non-hydrogen) atoms. The Hall–Kier alpha value is -3.74. The van der Waals surface area contributed by atoms with E-state index in [9.17, 15) is 132 Å². The lowest BCUT2D eigenvalue weighted by Crippen LogP contribution is -2.69. The van der Waals surface area contributed by atoms with Crippen LogP contribution in [0.15, 0.2) is 11.6 Å². The van der Waals surface area contributed by atoms with Crippen LogP contribution < -0.4 is 0 Å².